The van der Waals surface area contributed by atoms with Gasteiger partial charge in [-0.2, -0.15) is 4.99 Å². The van der Waals surface area contributed by atoms with Gasteiger partial charge in [0.2, 0.25) is 0 Å². The number of carbonyl (C=O) groups excluding carboxylic acids is 1. The zero-order valence-electron chi connectivity index (χ0n) is 39.3. The molecule has 1 N–H and O–H groups in total. The number of para-hydroxylation sites is 1. The highest BCUT2D eigenvalue weighted by Crippen LogP contribution is 2.38. The second kappa shape index (κ2) is 22.1. The number of hydrogen-bond donors (Lipinski definition) is 1. The zero-order valence-corrected chi connectivity index (χ0v) is 42.9. The SMILES string of the molecule is Cc1cc(N(CCCCC(=O)[Si](C)(C)C(C)(C)C)c2nc(C(=O)O)c(CCCOc3ccc(C#CCN(C)C)cc3F)s2)nnc1N=c1sc2ccccc2n1COCC[Si](C)(C)C. The molecular formula is C47H64FN7O5S2Si2. The van der Waals surface area contributed by atoms with Gasteiger partial charge < -0.3 is 24.3 Å². The first-order chi connectivity index (χ1) is 30.1. The van der Waals surface area contributed by atoms with Crippen molar-refractivity contribution in [2.24, 2.45) is 4.99 Å². The third kappa shape index (κ3) is 13.7. The molecule has 0 amide bonds. The number of carboxylic acids is 1. The summed E-state index contributed by atoms with van der Waals surface area (Å²) in [7, 11) is 0.398. The van der Waals surface area contributed by atoms with Gasteiger partial charge in [-0.05, 0) is 99.7 Å². The van der Waals surface area contributed by atoms with E-state index in [4.69, 9.17) is 14.5 Å². The summed E-state index contributed by atoms with van der Waals surface area (Å²) in [6.45, 7) is 21.8. The van der Waals surface area contributed by atoms with Gasteiger partial charge in [0.15, 0.2) is 38.8 Å². The lowest BCUT2D eigenvalue weighted by Gasteiger charge is -2.35. The number of benzene rings is 2. The summed E-state index contributed by atoms with van der Waals surface area (Å²) < 4.78 is 30.0. The first-order valence-electron chi connectivity index (χ1n) is 21.8. The largest absolute Gasteiger partial charge is 0.491 e. The number of thiazole rings is 2. The third-order valence-electron chi connectivity index (χ3n) is 11.3. The first kappa shape index (κ1) is 50.4. The molecule has 0 unspecified atom stereocenters. The minimum absolute atomic E-state index is 0.0531. The normalized spacial score (nSPS) is 12.5. The Morgan fingerprint density at radius 2 is 1.73 bits per heavy atom. The summed E-state index contributed by atoms with van der Waals surface area (Å²) in [6.07, 6.45) is 2.56. The second-order valence-corrected chi connectivity index (χ2v) is 32.1. The number of carboxylic acid groups (broad SMARTS) is 1. The topological polar surface area (TPSA) is 135 Å². The standard InChI is InChI=1S/C47H64FN7O5S2Si2/c1-33-30-40(51-52-43(33)50-46-55(32-59-28-29-63(7,8)9)36-19-12-13-20-38(36)61-46)54(26-15-14-22-41(56)64(10,11)47(2,3)4)45-49-42(44(57)58)39(62-45)21-17-27-60-37-24-23-34(31-35(37)48)18-16-25-53(5)6/h12-13,19-20,23-24,30-31H,14-15,17,21-22,25-29,32H2,1-11H3,(H,57,58). The summed E-state index contributed by atoms with van der Waals surface area (Å²) in [4.78, 5) is 40.8. The van der Waals surface area contributed by atoms with E-state index in [9.17, 15) is 19.1 Å². The molecule has 3 heterocycles. The number of anilines is 2. The zero-order chi connectivity index (χ0) is 46.8. The van der Waals surface area contributed by atoms with Crippen LogP contribution in [0.4, 0.5) is 21.2 Å². The van der Waals surface area contributed by atoms with Gasteiger partial charge in [0.25, 0.3) is 0 Å². The van der Waals surface area contributed by atoms with Gasteiger partial charge >= 0.3 is 5.97 Å². The molecular weight excluding hydrogens is 882 g/mol. The van der Waals surface area contributed by atoms with E-state index in [0.29, 0.717) is 91.1 Å². The smallest absolute Gasteiger partial charge is 0.355 e. The summed E-state index contributed by atoms with van der Waals surface area (Å²) >= 11 is 2.83. The Bertz CT molecular complexity index is 2550. The minimum Gasteiger partial charge on any atom is -0.491 e. The Labute approximate surface area is 387 Å². The highest BCUT2D eigenvalue weighted by Gasteiger charge is 2.41. The van der Waals surface area contributed by atoms with Crippen LogP contribution in [-0.4, -0.2) is 97.7 Å². The van der Waals surface area contributed by atoms with E-state index in [0.717, 1.165) is 26.6 Å². The fourth-order valence-corrected chi connectivity index (χ4v) is 10.9. The van der Waals surface area contributed by atoms with Gasteiger partial charge in [-0.15, -0.1) is 21.5 Å². The summed E-state index contributed by atoms with van der Waals surface area (Å²) in [5.41, 5.74) is 2.31. The highest BCUT2D eigenvalue weighted by atomic mass is 32.1. The molecule has 0 aliphatic heterocycles. The molecule has 0 spiro atoms. The van der Waals surface area contributed by atoms with Crippen molar-refractivity contribution in [2.75, 3.05) is 45.3 Å². The van der Waals surface area contributed by atoms with E-state index in [1.165, 1.54) is 17.4 Å². The van der Waals surface area contributed by atoms with Crippen molar-refractivity contribution >= 4 is 77.2 Å². The van der Waals surface area contributed by atoms with E-state index in [2.05, 4.69) is 97.2 Å². The molecule has 0 radical (unpaired) electrons. The fraction of sp³-hybridized carbons (Fsp3) is 0.489. The molecule has 0 saturated carbocycles. The van der Waals surface area contributed by atoms with E-state index in [-0.39, 0.29) is 23.1 Å². The molecule has 0 fully saturated rings. The van der Waals surface area contributed by atoms with E-state index in [1.807, 2.05) is 49.0 Å². The van der Waals surface area contributed by atoms with Crippen molar-refractivity contribution in [1.29, 1.82) is 0 Å². The molecule has 2 aromatic carbocycles. The van der Waals surface area contributed by atoms with Gasteiger partial charge in [-0.3, -0.25) is 9.47 Å². The Morgan fingerprint density at radius 1 is 0.984 bits per heavy atom. The number of hydrogen-bond acceptors (Lipinski definition) is 12. The van der Waals surface area contributed by atoms with Crippen LogP contribution in [0.1, 0.15) is 72.9 Å². The maximum atomic E-state index is 14.9. The molecule has 0 aliphatic rings. The second-order valence-electron chi connectivity index (χ2n) is 19.1. The highest BCUT2D eigenvalue weighted by molar-refractivity contribution is 7.16. The van der Waals surface area contributed by atoms with Crippen LogP contribution in [-0.2, 0) is 22.7 Å². The van der Waals surface area contributed by atoms with Crippen LogP contribution in [0.25, 0.3) is 10.2 Å². The quantitative estimate of drug-likeness (QED) is 0.0430. The van der Waals surface area contributed by atoms with Crippen molar-refractivity contribution < 1.29 is 28.6 Å². The monoisotopic (exact) mass is 945 g/mol. The fourth-order valence-electron chi connectivity index (χ4n) is 6.36. The molecule has 5 rings (SSSR count). The molecule has 17 heteroatoms. The summed E-state index contributed by atoms with van der Waals surface area (Å²) in [6, 6.07) is 15.7. The van der Waals surface area contributed by atoms with Crippen molar-refractivity contribution in [3.05, 3.63) is 80.8 Å². The van der Waals surface area contributed by atoms with E-state index < -0.39 is 27.9 Å². The van der Waals surface area contributed by atoms with Crippen molar-refractivity contribution in [3.63, 3.8) is 0 Å². The summed E-state index contributed by atoms with van der Waals surface area (Å²) in [5.74, 6) is 5.36. The molecule has 5 aromatic rings. The number of halogens is 1. The predicted octanol–water partition coefficient (Wildman–Crippen LogP) is 10.5. The van der Waals surface area contributed by atoms with Crippen LogP contribution in [0, 0.1) is 24.6 Å². The average molecular weight is 946 g/mol. The van der Waals surface area contributed by atoms with Gasteiger partial charge in [0, 0.05) is 38.1 Å². The molecule has 0 saturated heterocycles. The van der Waals surface area contributed by atoms with Crippen LogP contribution in [0.5, 0.6) is 5.75 Å². The van der Waals surface area contributed by atoms with Gasteiger partial charge in [0.05, 0.1) is 23.4 Å². The van der Waals surface area contributed by atoms with Crippen molar-refractivity contribution in [2.45, 2.75) is 110 Å². The average Bonchev–Trinajstić information content (AvgIpc) is 3.79. The van der Waals surface area contributed by atoms with Crippen LogP contribution in [0.2, 0.25) is 43.8 Å². The van der Waals surface area contributed by atoms with Gasteiger partial charge in [-0.25, -0.2) is 14.2 Å². The lowest BCUT2D eigenvalue weighted by Crippen LogP contribution is -2.46. The molecule has 344 valence electrons. The Morgan fingerprint density at radius 3 is 2.41 bits per heavy atom. The number of fused-ring (bicyclic) bond motifs is 1. The number of aromatic nitrogens is 4. The van der Waals surface area contributed by atoms with E-state index in [1.54, 1.807) is 23.5 Å². The Hall–Kier alpha value is -4.58. The van der Waals surface area contributed by atoms with Gasteiger partial charge in [-0.1, -0.05) is 88.8 Å². The van der Waals surface area contributed by atoms with Crippen molar-refractivity contribution in [3.8, 4) is 17.6 Å². The molecule has 0 atom stereocenters. The Balaban J connectivity index is 1.39. The summed E-state index contributed by atoms with van der Waals surface area (Å²) in [5, 5.41) is 20.3. The van der Waals surface area contributed by atoms with Gasteiger partial charge in [0.1, 0.15) is 20.2 Å². The number of aryl methyl sites for hydroxylation is 2. The van der Waals surface area contributed by atoms with Crippen LogP contribution >= 0.6 is 22.7 Å². The Kier molecular flexibility index (Phi) is 17.4. The molecule has 12 nitrogen and oxygen atoms in total. The molecule has 3 aromatic heterocycles. The maximum Gasteiger partial charge on any atom is 0.355 e. The predicted molar refractivity (Wildman–Crippen MR) is 264 cm³/mol. The van der Waals surface area contributed by atoms with Crippen molar-refractivity contribution in [1.82, 2.24) is 24.6 Å². The van der Waals surface area contributed by atoms with Crippen LogP contribution < -0.4 is 14.4 Å². The van der Waals surface area contributed by atoms with Crippen LogP contribution in [0.15, 0.2) is 53.5 Å². The molecule has 64 heavy (non-hydrogen) atoms. The molecule has 0 aliphatic carbocycles. The van der Waals surface area contributed by atoms with Crippen LogP contribution in [0.3, 0.4) is 0 Å². The number of rotatable bonds is 21. The number of carbonyl (C=O) groups is 2. The third-order valence-corrected chi connectivity index (χ3v) is 20.6. The number of unbranched alkanes of at least 4 members (excludes halogenated alkanes) is 1. The lowest BCUT2D eigenvalue weighted by molar-refractivity contribution is -0.113. The molecule has 0 bridgehead atoms. The number of ether oxygens (including phenoxy) is 2. The number of nitrogens with zero attached hydrogens (tertiary/aromatic N) is 7. The number of aromatic carboxylic acids is 1. The lowest BCUT2D eigenvalue weighted by atomic mass is 10.2. The maximum absolute atomic E-state index is 14.9. The van der Waals surface area contributed by atoms with E-state index >= 15 is 0 Å². The first-order valence-corrected chi connectivity index (χ1v) is 30.1. The minimum atomic E-state index is -2.17.